The normalized spacial score (nSPS) is 15.1. The lowest BCUT2D eigenvalue weighted by Crippen LogP contribution is -2.54. The van der Waals surface area contributed by atoms with E-state index in [-0.39, 0.29) is 70.7 Å². The van der Waals surface area contributed by atoms with Crippen LogP contribution in [-0.2, 0) is 90.9 Å². The molecule has 3 aromatic carbocycles. The van der Waals surface area contributed by atoms with Crippen molar-refractivity contribution >= 4 is 98.0 Å². The number of thioether (sulfide) groups is 1. The number of carbonyl (C=O) groups is 11. The van der Waals surface area contributed by atoms with Gasteiger partial charge in [-0.1, -0.05) is 103 Å². The molecular weight excluding hydrogens is 1510 g/mol. The summed E-state index contributed by atoms with van der Waals surface area (Å²) < 4.78 is 41.5. The average molecular weight is 1640 g/mol. The molecule has 25 nitrogen and oxygen atoms in total. The average Bonchev–Trinajstić information content (AvgIpc) is 0.839. The Balaban J connectivity index is 2.01. The molecule has 0 bridgehead atoms. The molecule has 0 spiro atoms. The lowest BCUT2D eigenvalue weighted by molar-refractivity contribution is -0.144. The summed E-state index contributed by atoms with van der Waals surface area (Å²) in [6, 6.07) is 16.8. The van der Waals surface area contributed by atoms with Crippen LogP contribution in [0.15, 0.2) is 78.9 Å². The van der Waals surface area contributed by atoms with Gasteiger partial charge in [0.25, 0.3) is 0 Å². The SMILES string of the molecule is CCSSC[C@H](NC(=O)OC(C)(C)C)C(=O)CCCOCCOCC(=O)N[C@@H](Cc1ccc(OC(C)(C)C)cc1)C(=O)C[C@@H](COC(C)(C)C)C(=O)N[C@H](C(=O)C[C@@H](CO)C(=O)N[C@@H](Cc1ccc(OC(C)(C)C)cc1)C(=O)C[C@@H](Cc1ccccc1)C(=O)N[C@H](C(=O)C[C@@H](CCSC)C(=O)O)C(C)CC)C(C)OC(C)(C)C. The van der Waals surface area contributed by atoms with Gasteiger partial charge in [0.1, 0.15) is 47.0 Å². The maximum atomic E-state index is 15.2. The molecule has 0 heterocycles. The van der Waals surface area contributed by atoms with Crippen LogP contribution in [0.25, 0.3) is 0 Å². The van der Waals surface area contributed by atoms with Gasteiger partial charge in [0.05, 0.1) is 79.6 Å². The monoisotopic (exact) mass is 1640 g/mol. The van der Waals surface area contributed by atoms with E-state index in [0.29, 0.717) is 52.5 Å². The van der Waals surface area contributed by atoms with Gasteiger partial charge in [-0.05, 0) is 202 Å². The van der Waals surface area contributed by atoms with Crippen LogP contribution in [0.2, 0.25) is 0 Å². The lowest BCUT2D eigenvalue weighted by Gasteiger charge is -2.33. The van der Waals surface area contributed by atoms with E-state index < -0.39 is 185 Å². The third-order valence-corrected chi connectivity index (χ3v) is 20.7. The van der Waals surface area contributed by atoms with Crippen LogP contribution in [0.3, 0.4) is 0 Å². The topological polar surface area (TPSA) is 353 Å². The first-order chi connectivity index (χ1) is 52.7. The summed E-state index contributed by atoms with van der Waals surface area (Å²) >= 11 is 1.45. The van der Waals surface area contributed by atoms with E-state index in [2.05, 4.69) is 26.6 Å². The summed E-state index contributed by atoms with van der Waals surface area (Å²) in [7, 11) is 3.05. The Morgan fingerprint density at radius 1 is 0.487 bits per heavy atom. The van der Waals surface area contributed by atoms with Crippen LogP contribution in [0.1, 0.15) is 200 Å². The van der Waals surface area contributed by atoms with E-state index in [1.165, 1.54) is 22.6 Å². The molecule has 11 atom stereocenters. The number of carboxylic acid groups (broad SMARTS) is 1. The minimum absolute atomic E-state index is 0.0248. The third kappa shape index (κ3) is 42.0. The van der Waals surface area contributed by atoms with Crippen LogP contribution in [0, 0.1) is 29.6 Å². The van der Waals surface area contributed by atoms with Crippen molar-refractivity contribution in [3.8, 4) is 11.5 Å². The second-order valence-electron chi connectivity index (χ2n) is 33.6. The summed E-state index contributed by atoms with van der Waals surface area (Å²) in [5.41, 5.74) is -1.69. The number of ether oxygens (including phenoxy) is 7. The van der Waals surface area contributed by atoms with E-state index in [1.807, 2.05) is 61.6 Å². The molecule has 0 saturated heterocycles. The number of alkyl carbamates (subject to hydrolysis) is 1. The Labute approximate surface area is 683 Å². The molecule has 113 heavy (non-hydrogen) atoms. The van der Waals surface area contributed by atoms with Gasteiger partial charge in [-0.25, -0.2) is 4.79 Å². The predicted molar refractivity (Wildman–Crippen MR) is 444 cm³/mol. The first kappa shape index (κ1) is 100. The van der Waals surface area contributed by atoms with Crippen molar-refractivity contribution < 1.29 is 96.1 Å². The number of nitrogens with one attached hydrogen (secondary N) is 5. The molecular formula is C85H131N5O20S3. The van der Waals surface area contributed by atoms with E-state index >= 15 is 14.4 Å². The molecule has 0 aliphatic heterocycles. The molecule has 0 saturated carbocycles. The van der Waals surface area contributed by atoms with Crippen molar-refractivity contribution in [3.05, 3.63) is 95.6 Å². The standard InChI is InChI=1S/C85H131N5O20S3/c1-21-54(3)74(71(95)46-59(79(101)102)38-42-111-20)89-76(98)60(43-56-27-24-23-25-28-56)47-69(93)66(45-58-32-36-64(37-33-58)109-84(14,15)16)87-77(99)61(50-91)48-72(96)75(55(4)107-82(8,9)10)90-78(100)62(51-106-81(5,6)7)49-70(94)65(44-57-30-34-63(35-31-57)108-83(11,12)13)86-73(97)52-105-41-40-104-39-26-29-68(92)67(53-113-112-22-2)88-80(103)110-85(17,18)19/h23-25,27-28,30-37,54-55,59-62,65-67,74-75,91H,21-22,26,29,38-53H2,1-20H3,(H,86,97)(H,87,99)(H,88,103)(H,89,98)(H,90,100)(H,101,102)/t54?,55?,59-,60-,61+,62+,65+,66+,67+,74+,75+/m1/s1. The molecule has 3 rings (SSSR count). The number of aliphatic hydroxyl groups is 1. The molecule has 0 aliphatic rings. The lowest BCUT2D eigenvalue weighted by atomic mass is 9.86. The maximum Gasteiger partial charge on any atom is 0.408 e. The number of amides is 5. The minimum atomic E-state index is -1.54. The highest BCUT2D eigenvalue weighted by Crippen LogP contribution is 2.28. The highest BCUT2D eigenvalue weighted by atomic mass is 33.1. The number of hydrogen-bond acceptors (Lipinski definition) is 22. The van der Waals surface area contributed by atoms with Crippen molar-refractivity contribution in [1.29, 1.82) is 0 Å². The third-order valence-electron chi connectivity index (χ3n) is 17.5. The molecule has 3 aromatic rings. The Morgan fingerprint density at radius 3 is 1.49 bits per heavy atom. The fourth-order valence-electron chi connectivity index (χ4n) is 11.8. The van der Waals surface area contributed by atoms with E-state index in [0.717, 1.165) is 5.75 Å². The van der Waals surface area contributed by atoms with E-state index in [9.17, 15) is 48.6 Å². The van der Waals surface area contributed by atoms with Gasteiger partial charge >= 0.3 is 12.1 Å². The van der Waals surface area contributed by atoms with E-state index in [1.54, 1.807) is 166 Å². The number of Topliss-reactive ketones (excluding diaryl/α,β-unsaturated/α-hetero) is 5. The Hall–Kier alpha value is -6.92. The highest BCUT2D eigenvalue weighted by Gasteiger charge is 2.40. The van der Waals surface area contributed by atoms with Crippen molar-refractivity contribution in [2.75, 3.05) is 63.2 Å². The van der Waals surface area contributed by atoms with Crippen molar-refractivity contribution in [2.24, 2.45) is 29.6 Å². The van der Waals surface area contributed by atoms with Gasteiger partial charge in [-0.3, -0.25) is 47.9 Å². The van der Waals surface area contributed by atoms with Crippen LogP contribution in [-0.4, -0.2) is 202 Å². The van der Waals surface area contributed by atoms with Crippen molar-refractivity contribution in [3.63, 3.8) is 0 Å². The van der Waals surface area contributed by atoms with Gasteiger partial charge in [-0.15, -0.1) is 0 Å². The Bertz CT molecular complexity index is 3480. The molecule has 2 unspecified atom stereocenters. The first-order valence-electron chi connectivity index (χ1n) is 39.2. The second-order valence-corrected chi connectivity index (χ2v) is 37.4. The summed E-state index contributed by atoms with van der Waals surface area (Å²) in [6.45, 7) is 32.8. The maximum absolute atomic E-state index is 15.2. The number of benzene rings is 3. The van der Waals surface area contributed by atoms with Crippen LogP contribution in [0.4, 0.5) is 4.79 Å². The summed E-state index contributed by atoms with van der Waals surface area (Å²) in [6.07, 6.45) is -0.899. The molecule has 0 fully saturated rings. The molecule has 634 valence electrons. The number of hydrogen-bond donors (Lipinski definition) is 7. The first-order valence-corrected chi connectivity index (χ1v) is 43.1. The summed E-state index contributed by atoms with van der Waals surface area (Å²) in [5, 5.41) is 35.3. The summed E-state index contributed by atoms with van der Waals surface area (Å²) in [4.78, 5) is 156. The summed E-state index contributed by atoms with van der Waals surface area (Å²) in [5.74, 6) is -9.29. The molecule has 7 N–H and O–H groups in total. The fourth-order valence-corrected chi connectivity index (χ4v) is 14.2. The van der Waals surface area contributed by atoms with Gasteiger partial charge in [0, 0.05) is 56.1 Å². The largest absolute Gasteiger partial charge is 0.488 e. The van der Waals surface area contributed by atoms with Crippen molar-refractivity contribution in [2.45, 2.75) is 266 Å². The molecule has 0 radical (unpaired) electrons. The predicted octanol–water partition coefficient (Wildman–Crippen LogP) is 11.9. The Morgan fingerprint density at radius 2 is 0.982 bits per heavy atom. The number of carbonyl (C=O) groups excluding carboxylic acids is 10. The van der Waals surface area contributed by atoms with Crippen molar-refractivity contribution in [1.82, 2.24) is 26.6 Å². The fraction of sp³-hybridized carbons (Fsp3) is 0.659. The van der Waals surface area contributed by atoms with Crippen LogP contribution >= 0.6 is 33.3 Å². The number of ketones is 5. The molecule has 0 aromatic heterocycles. The molecule has 0 aliphatic carbocycles. The van der Waals surface area contributed by atoms with Crippen LogP contribution in [0.5, 0.6) is 11.5 Å². The zero-order valence-corrected chi connectivity index (χ0v) is 72.9. The quantitative estimate of drug-likeness (QED) is 0.0204. The molecule has 28 heteroatoms. The Kier molecular flexibility index (Phi) is 43.7. The number of carboxylic acids is 1. The van der Waals surface area contributed by atoms with Gasteiger partial charge in [0.15, 0.2) is 28.9 Å². The number of aliphatic carboxylic acids is 1. The molecule has 5 amide bonds. The zero-order chi connectivity index (χ0) is 85.0. The van der Waals surface area contributed by atoms with Gasteiger partial charge < -0.3 is 70.0 Å². The minimum Gasteiger partial charge on any atom is -0.488 e. The smallest absolute Gasteiger partial charge is 0.408 e. The van der Waals surface area contributed by atoms with Gasteiger partial charge in [-0.2, -0.15) is 11.8 Å². The highest BCUT2D eigenvalue weighted by molar-refractivity contribution is 8.76. The van der Waals surface area contributed by atoms with Gasteiger partial charge in [0.2, 0.25) is 23.6 Å². The van der Waals surface area contributed by atoms with E-state index in [4.69, 9.17) is 33.2 Å². The number of aliphatic hydroxyl groups excluding tert-OH is 1. The zero-order valence-electron chi connectivity index (χ0n) is 70.5. The second kappa shape index (κ2) is 49.2. The number of rotatable bonds is 53. The van der Waals surface area contributed by atoms with Crippen LogP contribution < -0.4 is 36.1 Å².